The van der Waals surface area contributed by atoms with E-state index in [1.807, 2.05) is 24.3 Å². The van der Waals surface area contributed by atoms with Gasteiger partial charge in [-0.15, -0.1) is 11.3 Å². The van der Waals surface area contributed by atoms with Crippen molar-refractivity contribution in [2.45, 2.75) is 6.67 Å². The molecule has 6 heteroatoms. The SMILES string of the molecule is S=c1sc2ccccc2n1CNc1ccc(Cl)c(Cl)c1. The Morgan fingerprint density at radius 3 is 2.70 bits per heavy atom. The zero-order valence-corrected chi connectivity index (χ0v) is 13.4. The van der Waals surface area contributed by atoms with Gasteiger partial charge in [0.15, 0.2) is 3.95 Å². The maximum Gasteiger partial charge on any atom is 0.163 e. The summed E-state index contributed by atoms with van der Waals surface area (Å²) in [5, 5.41) is 4.40. The van der Waals surface area contributed by atoms with E-state index < -0.39 is 0 Å². The molecule has 1 N–H and O–H groups in total. The fourth-order valence-electron chi connectivity index (χ4n) is 1.94. The molecule has 0 unspecified atom stereocenters. The number of nitrogens with one attached hydrogen (secondary N) is 1. The van der Waals surface area contributed by atoms with Gasteiger partial charge >= 0.3 is 0 Å². The summed E-state index contributed by atoms with van der Waals surface area (Å²) in [6.45, 7) is 0.598. The third-order valence-electron chi connectivity index (χ3n) is 2.93. The molecule has 0 aliphatic heterocycles. The van der Waals surface area contributed by atoms with E-state index in [0.29, 0.717) is 16.7 Å². The van der Waals surface area contributed by atoms with Crippen molar-refractivity contribution >= 4 is 62.7 Å². The number of anilines is 1. The fourth-order valence-corrected chi connectivity index (χ4v) is 3.56. The van der Waals surface area contributed by atoms with Crippen molar-refractivity contribution < 1.29 is 0 Å². The summed E-state index contributed by atoms with van der Waals surface area (Å²) in [4.78, 5) is 0. The van der Waals surface area contributed by atoms with Crippen LogP contribution in [0, 0.1) is 3.95 Å². The van der Waals surface area contributed by atoms with Gasteiger partial charge in [0.2, 0.25) is 0 Å². The number of hydrogen-bond donors (Lipinski definition) is 1. The Balaban J connectivity index is 1.88. The Kier molecular flexibility index (Phi) is 3.98. The molecule has 3 aromatic rings. The first-order valence-electron chi connectivity index (χ1n) is 5.92. The number of benzene rings is 2. The van der Waals surface area contributed by atoms with Crippen molar-refractivity contribution in [1.29, 1.82) is 0 Å². The van der Waals surface area contributed by atoms with Crippen LogP contribution < -0.4 is 5.32 Å². The van der Waals surface area contributed by atoms with E-state index >= 15 is 0 Å². The monoisotopic (exact) mass is 340 g/mol. The van der Waals surface area contributed by atoms with Gasteiger partial charge < -0.3 is 9.88 Å². The highest BCUT2D eigenvalue weighted by molar-refractivity contribution is 7.73. The molecule has 102 valence electrons. The number of aromatic nitrogens is 1. The minimum atomic E-state index is 0.537. The largest absolute Gasteiger partial charge is 0.367 e. The summed E-state index contributed by atoms with van der Waals surface area (Å²) in [6.07, 6.45) is 0. The molecule has 0 spiro atoms. The predicted octanol–water partition coefficient (Wildman–Crippen LogP) is 5.81. The van der Waals surface area contributed by atoms with E-state index in [1.165, 1.54) is 4.70 Å². The van der Waals surface area contributed by atoms with Gasteiger partial charge in [-0.25, -0.2) is 0 Å². The molecular weight excluding hydrogens is 331 g/mol. The van der Waals surface area contributed by atoms with Gasteiger partial charge in [-0.3, -0.25) is 0 Å². The molecule has 0 bridgehead atoms. The first kappa shape index (κ1) is 13.9. The Hall–Kier alpha value is -1.07. The van der Waals surface area contributed by atoms with Crippen LogP contribution in [0.1, 0.15) is 0 Å². The van der Waals surface area contributed by atoms with Crippen molar-refractivity contribution in [3.63, 3.8) is 0 Å². The van der Waals surface area contributed by atoms with Crippen LogP contribution in [0.2, 0.25) is 10.0 Å². The average Bonchev–Trinajstić information content (AvgIpc) is 2.76. The number of hydrogen-bond acceptors (Lipinski definition) is 3. The lowest BCUT2D eigenvalue weighted by molar-refractivity contribution is 0.807. The lowest BCUT2D eigenvalue weighted by atomic mass is 10.3. The number of fused-ring (bicyclic) bond motifs is 1. The number of thiazole rings is 1. The fraction of sp³-hybridized carbons (Fsp3) is 0.0714. The molecule has 0 amide bonds. The van der Waals surface area contributed by atoms with Crippen LogP contribution in [0.15, 0.2) is 42.5 Å². The highest BCUT2D eigenvalue weighted by atomic mass is 35.5. The lowest BCUT2D eigenvalue weighted by Crippen LogP contribution is -2.07. The van der Waals surface area contributed by atoms with Gasteiger partial charge in [0, 0.05) is 5.69 Å². The molecule has 20 heavy (non-hydrogen) atoms. The Labute approximate surface area is 135 Å². The second-order valence-corrected chi connectivity index (χ2v) is 6.72. The molecule has 0 fully saturated rings. The third kappa shape index (κ3) is 2.69. The van der Waals surface area contributed by atoms with Gasteiger partial charge in [0.25, 0.3) is 0 Å². The average molecular weight is 341 g/mol. The Morgan fingerprint density at radius 2 is 1.90 bits per heavy atom. The molecule has 2 nitrogen and oxygen atoms in total. The molecule has 0 atom stereocenters. The summed E-state index contributed by atoms with van der Waals surface area (Å²) < 4.78 is 4.10. The third-order valence-corrected chi connectivity index (χ3v) is 5.10. The van der Waals surface area contributed by atoms with Crippen molar-refractivity contribution in [2.24, 2.45) is 0 Å². The smallest absolute Gasteiger partial charge is 0.163 e. The van der Waals surface area contributed by atoms with Crippen molar-refractivity contribution in [2.75, 3.05) is 5.32 Å². The van der Waals surface area contributed by atoms with E-state index in [-0.39, 0.29) is 0 Å². The molecule has 0 aliphatic rings. The number of para-hydroxylation sites is 1. The van der Waals surface area contributed by atoms with E-state index in [2.05, 4.69) is 22.0 Å². The van der Waals surface area contributed by atoms with Crippen molar-refractivity contribution in [3.05, 3.63) is 56.5 Å². The van der Waals surface area contributed by atoms with Gasteiger partial charge in [-0.2, -0.15) is 0 Å². The van der Waals surface area contributed by atoms with Crippen LogP contribution in [-0.4, -0.2) is 4.57 Å². The van der Waals surface area contributed by atoms with Crippen LogP contribution in [-0.2, 0) is 6.67 Å². The van der Waals surface area contributed by atoms with Crippen molar-refractivity contribution in [3.8, 4) is 0 Å². The van der Waals surface area contributed by atoms with Gasteiger partial charge in [-0.1, -0.05) is 35.3 Å². The Morgan fingerprint density at radius 1 is 1.10 bits per heavy atom. The summed E-state index contributed by atoms with van der Waals surface area (Å²) in [5.41, 5.74) is 2.05. The van der Waals surface area contributed by atoms with Crippen molar-refractivity contribution in [1.82, 2.24) is 4.57 Å². The quantitative estimate of drug-likeness (QED) is 0.606. The van der Waals surface area contributed by atoms with Crippen LogP contribution in [0.25, 0.3) is 10.2 Å². The van der Waals surface area contributed by atoms with E-state index in [4.69, 9.17) is 35.4 Å². The predicted molar refractivity (Wildman–Crippen MR) is 90.7 cm³/mol. The topological polar surface area (TPSA) is 17.0 Å². The van der Waals surface area contributed by atoms with E-state index in [1.54, 1.807) is 17.4 Å². The van der Waals surface area contributed by atoms with Gasteiger partial charge in [0.05, 0.1) is 26.9 Å². The number of rotatable bonds is 3. The highest BCUT2D eigenvalue weighted by Crippen LogP contribution is 2.26. The second-order valence-electron chi connectivity index (χ2n) is 4.23. The Bertz CT molecular complexity index is 823. The van der Waals surface area contributed by atoms with Crippen LogP contribution in [0.3, 0.4) is 0 Å². The lowest BCUT2D eigenvalue weighted by Gasteiger charge is -2.09. The van der Waals surface area contributed by atoms with Crippen LogP contribution >= 0.6 is 46.8 Å². The minimum absolute atomic E-state index is 0.537. The second kappa shape index (κ2) is 5.74. The molecule has 1 aromatic heterocycles. The summed E-state index contributed by atoms with van der Waals surface area (Å²) in [5.74, 6) is 0. The minimum Gasteiger partial charge on any atom is -0.367 e. The molecular formula is C14H10Cl2N2S2. The standard InChI is InChI=1S/C14H10Cl2N2S2/c15-10-6-5-9(7-11(10)16)17-8-18-12-3-1-2-4-13(12)20-14(18)19/h1-7,17H,8H2. The number of halogens is 2. The van der Waals surface area contributed by atoms with Crippen LogP contribution in [0.4, 0.5) is 5.69 Å². The molecule has 2 aromatic carbocycles. The zero-order chi connectivity index (χ0) is 14.1. The normalized spacial score (nSPS) is 10.9. The maximum absolute atomic E-state index is 6.00. The molecule has 0 aliphatic carbocycles. The molecule has 1 heterocycles. The summed E-state index contributed by atoms with van der Waals surface area (Å²) >= 11 is 18.9. The van der Waals surface area contributed by atoms with Gasteiger partial charge in [0.1, 0.15) is 0 Å². The molecule has 0 radical (unpaired) electrons. The van der Waals surface area contributed by atoms with Crippen LogP contribution in [0.5, 0.6) is 0 Å². The molecule has 0 saturated carbocycles. The number of nitrogens with zero attached hydrogens (tertiary/aromatic N) is 1. The van der Waals surface area contributed by atoms with Gasteiger partial charge in [-0.05, 0) is 42.5 Å². The molecule has 3 rings (SSSR count). The maximum atomic E-state index is 6.00. The first-order chi connectivity index (χ1) is 9.65. The summed E-state index contributed by atoms with van der Waals surface area (Å²) in [7, 11) is 0. The highest BCUT2D eigenvalue weighted by Gasteiger charge is 2.04. The summed E-state index contributed by atoms with van der Waals surface area (Å²) in [6, 6.07) is 13.7. The first-order valence-corrected chi connectivity index (χ1v) is 7.90. The zero-order valence-electron chi connectivity index (χ0n) is 10.3. The molecule has 0 saturated heterocycles. The van der Waals surface area contributed by atoms with E-state index in [9.17, 15) is 0 Å². The van der Waals surface area contributed by atoms with E-state index in [0.717, 1.165) is 15.2 Å².